The van der Waals surface area contributed by atoms with Crippen molar-refractivity contribution in [3.63, 3.8) is 0 Å². The largest absolute Gasteiger partial charge is 0.479 e. The molecule has 6 unspecified atom stereocenters. The van der Waals surface area contributed by atoms with Crippen LogP contribution in [0, 0.1) is 16.2 Å². The topological polar surface area (TPSA) is 656 Å². The van der Waals surface area contributed by atoms with Crippen LogP contribution in [-0.4, -0.2) is 278 Å². The maximum absolute atomic E-state index is 15.0. The van der Waals surface area contributed by atoms with E-state index in [0.29, 0.717) is 12.8 Å². The summed E-state index contributed by atoms with van der Waals surface area (Å²) in [4.78, 5) is 260. The summed E-state index contributed by atoms with van der Waals surface area (Å²) in [6.07, 6.45) is -7.87. The molecule has 1 saturated heterocycles. The number of aliphatic carboxylic acids is 1. The molecule has 46 heteroatoms. The number of rotatable bonds is 39. The van der Waals surface area contributed by atoms with Gasteiger partial charge in [-0.1, -0.05) is 70.8 Å². The number of carbonyl (C=O) groups is 19. The number of carbonyl (C=O) groups excluding carboxylic acids is 18. The highest BCUT2D eigenvalue weighted by Gasteiger charge is 2.42. The minimum atomic E-state index is -3.03. The van der Waals surface area contributed by atoms with Crippen LogP contribution >= 0.6 is 11.6 Å². The molecule has 0 saturated carbocycles. The first-order valence-corrected chi connectivity index (χ1v) is 39.8. The van der Waals surface area contributed by atoms with Crippen LogP contribution in [0.15, 0.2) is 11.8 Å². The zero-order valence-corrected chi connectivity index (χ0v) is 71.3. The van der Waals surface area contributed by atoms with Gasteiger partial charge in [-0.2, -0.15) is 0 Å². The Bertz CT molecular complexity index is 3530. The number of allylic oxidation sites excluding steroid dienone is 1. The van der Waals surface area contributed by atoms with E-state index in [1.807, 2.05) is 5.32 Å². The van der Waals surface area contributed by atoms with Gasteiger partial charge in [-0.3, -0.25) is 67.1 Å². The third-order valence-corrected chi connectivity index (χ3v) is 17.7. The Morgan fingerprint density at radius 3 is 1.41 bits per heavy atom. The molecular weight excluding hydrogens is 1630 g/mol. The maximum atomic E-state index is 15.0. The van der Waals surface area contributed by atoms with E-state index in [1.54, 1.807) is 0 Å². The zero-order chi connectivity index (χ0) is 91.9. The number of ether oxygens (including phenoxy) is 8. The second-order valence-electron chi connectivity index (χ2n) is 30.9. The Morgan fingerprint density at radius 1 is 0.512 bits per heavy atom. The molecular formula is C75H122ClN13O32. The number of halogens is 1. The number of cyclic esters (lactones) is 1. The van der Waals surface area contributed by atoms with Gasteiger partial charge in [0.1, 0.15) is 61.1 Å². The van der Waals surface area contributed by atoms with Crippen LogP contribution in [0.2, 0.25) is 0 Å². The maximum Gasteiger partial charge on any atom is 0.410 e. The molecule has 1 aliphatic heterocycles. The summed E-state index contributed by atoms with van der Waals surface area (Å²) >= 11 is 6.01. The summed E-state index contributed by atoms with van der Waals surface area (Å²) < 4.78 is 39.6. The minimum absolute atomic E-state index is 0.0792. The molecule has 0 aromatic heterocycles. The monoisotopic (exact) mass is 1750 g/mol. The number of alkyl carbamates (subject to hydrolysis) is 3. The van der Waals surface area contributed by atoms with Crippen molar-refractivity contribution < 1.29 is 155 Å². The molecule has 0 radical (unpaired) electrons. The second kappa shape index (κ2) is 55.9. The fourth-order valence-corrected chi connectivity index (χ4v) is 10.4. The molecule has 0 aromatic carbocycles. The molecule has 1 heterocycles. The van der Waals surface area contributed by atoms with E-state index in [1.165, 1.54) is 62.3 Å². The molecule has 1 fully saturated rings. The highest BCUT2D eigenvalue weighted by atomic mass is 35.5. The number of carboxylic acids is 1. The van der Waals surface area contributed by atoms with Crippen molar-refractivity contribution in [2.24, 2.45) is 16.2 Å². The van der Waals surface area contributed by atoms with Crippen LogP contribution in [0.25, 0.3) is 0 Å². The fourth-order valence-electron chi connectivity index (χ4n) is 10.2. The van der Waals surface area contributed by atoms with Crippen LogP contribution < -0.4 is 69.1 Å². The average Bonchev–Trinajstić information content (AvgIpc) is 0.823. The Labute approximate surface area is 704 Å². The summed E-state index contributed by atoms with van der Waals surface area (Å²) in [6.45, 7) is 11.0. The minimum Gasteiger partial charge on any atom is -0.479 e. The molecule has 0 aliphatic carbocycles. The lowest BCUT2D eigenvalue weighted by atomic mass is 9.97. The van der Waals surface area contributed by atoms with Crippen LogP contribution in [0.4, 0.5) is 14.4 Å². The van der Waals surface area contributed by atoms with Gasteiger partial charge in [0, 0.05) is 19.6 Å². The number of unbranched alkanes of at least 4 members (excludes halogenated alkanes) is 9. The number of aliphatic hydroxyl groups excluding tert-OH is 4. The van der Waals surface area contributed by atoms with Gasteiger partial charge in [-0.05, 0) is 115 Å². The first kappa shape index (κ1) is 108. The van der Waals surface area contributed by atoms with Gasteiger partial charge in [0.05, 0.1) is 60.4 Å². The van der Waals surface area contributed by atoms with Gasteiger partial charge in [0.15, 0.2) is 12.1 Å². The van der Waals surface area contributed by atoms with Crippen molar-refractivity contribution in [3.05, 3.63) is 11.8 Å². The number of aliphatic hydroxyl groups is 4. The predicted molar refractivity (Wildman–Crippen MR) is 420 cm³/mol. The van der Waals surface area contributed by atoms with E-state index in [2.05, 4.69) is 75.5 Å². The van der Waals surface area contributed by atoms with Crippen LogP contribution in [0.1, 0.15) is 192 Å². The number of amides is 13. The number of methoxy groups -OCH3 is 1. The normalized spacial score (nSPS) is 20.4. The first-order valence-electron chi connectivity index (χ1n) is 39.3. The lowest BCUT2D eigenvalue weighted by Crippen LogP contribution is -2.63. The quantitative estimate of drug-likeness (QED) is 0.00789. The number of carboxylic acid groups (broad SMARTS) is 1. The molecule has 0 spiro atoms. The number of nitrogens with one attached hydrogen (secondary N) is 13. The molecule has 1 aliphatic rings. The lowest BCUT2D eigenvalue weighted by Gasteiger charge is -2.29. The molecule has 18 N–H and O–H groups in total. The van der Waals surface area contributed by atoms with E-state index < -0.39 is 292 Å². The summed E-state index contributed by atoms with van der Waals surface area (Å²) in [7, 11) is 0.938. The standard InChI is InChI=1S/C75H122ClN13O32/c1-14-16-17-18-19-20-21-22-23-26-42(91)33-51(94)81-48-37-115-66(107)54(49(92)35-76)88-57(97)43(15-2)82-63(103)53(41(3)90)87-60(100)46(29-32-79-72(113)121-40-118-69(110)75(10,11)12)85-64(104)55(56(96)65(105)106)89-59(99)44(27-24-25-30-77-70(111)119-38-116-67(108)73(4,5)6)83-61(101)47(34-50(93)80-36-52(95)114-13)86-58(98)45(84-62(48)102)28-31-78-71(112)120-39-117-68(109)74(7,8)9/h15,41-42,44-49,53-56,90-92,96H,14,16-40H2,1-13H3,(H,77,111)(H,78,112)(H,79,113)(H,80,93)(H,81,94)(H,82,103)(H,83,101)(H,84,102)(H,85,104)(H,86,98)(H,87,100)(H,88,97)(H,89,99)(H,105,106)/b43-15+/t41-,42+,44?,45?,46-,47-,48?,49+,53?,54?,55?,56-/m0/s1. The van der Waals surface area contributed by atoms with Crippen molar-refractivity contribution in [1.82, 2.24) is 69.1 Å². The lowest BCUT2D eigenvalue weighted by molar-refractivity contribution is -0.162. The van der Waals surface area contributed by atoms with Gasteiger partial charge < -0.3 is 133 Å². The smallest absolute Gasteiger partial charge is 0.410 e. The van der Waals surface area contributed by atoms with Gasteiger partial charge in [-0.25, -0.2) is 24.0 Å². The number of hydrogen-bond acceptors (Lipinski definition) is 31. The Kier molecular flexibility index (Phi) is 50.0. The van der Waals surface area contributed by atoms with Crippen molar-refractivity contribution in [2.75, 3.05) is 66.2 Å². The van der Waals surface area contributed by atoms with Crippen LogP contribution in [0.3, 0.4) is 0 Å². The molecule has 121 heavy (non-hydrogen) atoms. The third kappa shape index (κ3) is 44.4. The summed E-state index contributed by atoms with van der Waals surface area (Å²) in [5, 5.41) is 83.0. The van der Waals surface area contributed by atoms with Crippen molar-refractivity contribution in [2.45, 2.75) is 265 Å². The Morgan fingerprint density at radius 2 is 0.950 bits per heavy atom. The fraction of sp³-hybridized carbons (Fsp3) is 0.720. The second-order valence-corrected chi connectivity index (χ2v) is 31.2. The molecule has 0 bridgehead atoms. The highest BCUT2D eigenvalue weighted by Crippen LogP contribution is 2.19. The Hall–Kier alpha value is -10.8. The summed E-state index contributed by atoms with van der Waals surface area (Å²) in [5.74, 6) is -22.9. The van der Waals surface area contributed by atoms with Gasteiger partial charge >= 0.3 is 54.1 Å². The number of esters is 5. The SMILES string of the molecule is C/C=C1/NC(=O)C([C@H](C)O)NC(=O)[C@H](CCNC(=O)OCOC(=O)C(C)(C)C)NC(=O)C([C@H](O)C(=O)O)NC(=O)C(CCCCNC(=O)OCOC(=O)C(C)(C)C)NC(=O)[C@H](CC(=O)NCC(=O)OC)NC(=O)C(CCNC(=O)OCOC(=O)C(C)(C)C)NC(=O)C(NC(=O)C[C@H](O)CCCCCCCCCCC)COC(=O)C([C@H](O)CCl)NC1=O. The van der Waals surface area contributed by atoms with E-state index in [-0.39, 0.29) is 25.8 Å². The Balaban J connectivity index is 4.58. The summed E-state index contributed by atoms with van der Waals surface area (Å²) in [5.41, 5.74) is -3.93. The van der Waals surface area contributed by atoms with Gasteiger partial charge in [0.2, 0.25) is 73.5 Å². The first-order chi connectivity index (χ1) is 56.6. The van der Waals surface area contributed by atoms with E-state index in [0.717, 1.165) is 72.0 Å². The number of alkyl halides is 1. The molecule has 12 atom stereocenters. The number of hydrogen-bond donors (Lipinski definition) is 18. The zero-order valence-electron chi connectivity index (χ0n) is 70.5. The van der Waals surface area contributed by atoms with Crippen LogP contribution in [-0.2, 0) is 115 Å². The molecule has 45 nitrogen and oxygen atoms in total. The average molecular weight is 1750 g/mol. The summed E-state index contributed by atoms with van der Waals surface area (Å²) in [6, 6.07) is -18.3. The predicted octanol–water partition coefficient (Wildman–Crippen LogP) is -2.01. The van der Waals surface area contributed by atoms with E-state index in [9.17, 15) is 107 Å². The van der Waals surface area contributed by atoms with Crippen molar-refractivity contribution >= 4 is 125 Å². The van der Waals surface area contributed by atoms with Gasteiger partial charge in [-0.15, -0.1) is 11.6 Å². The van der Waals surface area contributed by atoms with E-state index >= 15 is 9.59 Å². The van der Waals surface area contributed by atoms with Crippen molar-refractivity contribution in [3.8, 4) is 0 Å². The van der Waals surface area contributed by atoms with E-state index in [4.69, 9.17) is 44.8 Å². The third-order valence-electron chi connectivity index (χ3n) is 17.3. The molecule has 686 valence electrons. The molecule has 13 amide bonds. The van der Waals surface area contributed by atoms with Gasteiger partial charge in [0.25, 0.3) is 5.91 Å². The molecule has 1 rings (SSSR count). The van der Waals surface area contributed by atoms with Crippen LogP contribution in [0.5, 0.6) is 0 Å². The highest BCUT2D eigenvalue weighted by molar-refractivity contribution is 6.18. The van der Waals surface area contributed by atoms with Crippen molar-refractivity contribution in [1.29, 1.82) is 0 Å². The molecule has 0 aromatic rings.